The Balaban J connectivity index is 2.10. The maximum Gasteiger partial charge on any atom is 0.190 e. The summed E-state index contributed by atoms with van der Waals surface area (Å²) in [5.74, 6) is 0. The molecular formula is C16H15ClN2S2. The quantitative estimate of drug-likeness (QED) is 0.593. The molecule has 0 aliphatic rings. The third kappa shape index (κ3) is 3.28. The SMILES string of the molecule is CCCn1c(-c2cccs2)csc1=Nc1cccc(Cl)c1. The first-order chi connectivity index (χ1) is 10.3. The number of halogens is 1. The second kappa shape index (κ2) is 6.60. The van der Waals surface area contributed by atoms with Crippen LogP contribution in [0.15, 0.2) is 52.2 Å². The zero-order valence-corrected chi connectivity index (χ0v) is 14.0. The molecule has 2 nitrogen and oxygen atoms in total. The third-order valence-electron chi connectivity index (χ3n) is 3.05. The molecular weight excluding hydrogens is 320 g/mol. The Morgan fingerprint density at radius 2 is 2.10 bits per heavy atom. The van der Waals surface area contributed by atoms with Crippen LogP contribution >= 0.6 is 34.3 Å². The molecule has 0 spiro atoms. The van der Waals surface area contributed by atoms with Gasteiger partial charge in [0.25, 0.3) is 0 Å². The predicted octanol–water partition coefficient (Wildman–Crippen LogP) is 5.57. The maximum absolute atomic E-state index is 6.04. The van der Waals surface area contributed by atoms with E-state index < -0.39 is 0 Å². The second-order valence-corrected chi connectivity index (χ2v) is 6.84. The van der Waals surface area contributed by atoms with E-state index in [0.717, 1.165) is 23.5 Å². The number of hydrogen-bond donors (Lipinski definition) is 0. The lowest BCUT2D eigenvalue weighted by Gasteiger charge is -2.05. The molecule has 0 fully saturated rings. The van der Waals surface area contributed by atoms with Gasteiger partial charge in [-0.05, 0) is 36.1 Å². The van der Waals surface area contributed by atoms with Crippen molar-refractivity contribution >= 4 is 40.0 Å². The predicted molar refractivity (Wildman–Crippen MR) is 92.6 cm³/mol. The Kier molecular flexibility index (Phi) is 4.58. The highest BCUT2D eigenvalue weighted by Crippen LogP contribution is 2.26. The van der Waals surface area contributed by atoms with Crippen molar-refractivity contribution in [2.45, 2.75) is 19.9 Å². The molecule has 0 aliphatic carbocycles. The molecule has 5 heteroatoms. The van der Waals surface area contributed by atoms with Gasteiger partial charge in [-0.15, -0.1) is 22.7 Å². The minimum absolute atomic E-state index is 0.716. The average Bonchev–Trinajstić information content (AvgIpc) is 3.10. The molecule has 0 saturated heterocycles. The first-order valence-electron chi connectivity index (χ1n) is 6.80. The van der Waals surface area contributed by atoms with Crippen molar-refractivity contribution in [1.29, 1.82) is 0 Å². The van der Waals surface area contributed by atoms with Gasteiger partial charge in [-0.25, -0.2) is 4.99 Å². The van der Waals surface area contributed by atoms with E-state index in [-0.39, 0.29) is 0 Å². The first kappa shape index (κ1) is 14.6. The highest BCUT2D eigenvalue weighted by molar-refractivity contribution is 7.14. The topological polar surface area (TPSA) is 17.3 Å². The summed E-state index contributed by atoms with van der Waals surface area (Å²) in [6.45, 7) is 3.15. The molecule has 0 amide bonds. The molecule has 0 atom stereocenters. The number of thiazole rings is 1. The molecule has 21 heavy (non-hydrogen) atoms. The number of nitrogens with zero attached hydrogens (tertiary/aromatic N) is 2. The minimum atomic E-state index is 0.716. The molecule has 0 unspecified atom stereocenters. The van der Waals surface area contributed by atoms with E-state index in [2.05, 4.69) is 34.4 Å². The van der Waals surface area contributed by atoms with Crippen LogP contribution in [-0.4, -0.2) is 4.57 Å². The number of aromatic nitrogens is 1. The van der Waals surface area contributed by atoms with Gasteiger partial charge < -0.3 is 4.57 Å². The summed E-state index contributed by atoms with van der Waals surface area (Å²) in [6.07, 6.45) is 1.08. The van der Waals surface area contributed by atoms with Crippen molar-refractivity contribution in [3.8, 4) is 10.6 Å². The fraction of sp³-hybridized carbons (Fsp3) is 0.188. The summed E-state index contributed by atoms with van der Waals surface area (Å²) in [6, 6.07) is 11.9. The molecule has 2 heterocycles. The lowest BCUT2D eigenvalue weighted by molar-refractivity contribution is 0.668. The largest absolute Gasteiger partial charge is 0.316 e. The third-order valence-corrected chi connectivity index (χ3v) is 5.04. The number of rotatable bonds is 4. The van der Waals surface area contributed by atoms with Crippen LogP contribution in [0.3, 0.4) is 0 Å². The maximum atomic E-state index is 6.04. The fourth-order valence-corrected chi connectivity index (χ4v) is 4.09. The Labute approximate surface area is 137 Å². The summed E-state index contributed by atoms with van der Waals surface area (Å²) < 4.78 is 2.29. The summed E-state index contributed by atoms with van der Waals surface area (Å²) >= 11 is 9.47. The molecule has 0 aliphatic heterocycles. The summed E-state index contributed by atoms with van der Waals surface area (Å²) in [4.78, 5) is 7.05. The van der Waals surface area contributed by atoms with Crippen LogP contribution in [0.2, 0.25) is 5.02 Å². The van der Waals surface area contributed by atoms with Gasteiger partial charge >= 0.3 is 0 Å². The van der Waals surface area contributed by atoms with E-state index in [4.69, 9.17) is 16.6 Å². The summed E-state index contributed by atoms with van der Waals surface area (Å²) in [7, 11) is 0. The molecule has 0 bridgehead atoms. The number of hydrogen-bond acceptors (Lipinski definition) is 3. The molecule has 0 saturated carbocycles. The standard InChI is InChI=1S/C16H15ClN2S2/c1-2-8-19-14(15-7-4-9-20-15)11-21-16(19)18-13-6-3-5-12(17)10-13/h3-7,9-11H,2,8H2,1H3. The van der Waals surface area contributed by atoms with Crippen LogP contribution in [0.25, 0.3) is 10.6 Å². The first-order valence-corrected chi connectivity index (χ1v) is 8.94. The van der Waals surface area contributed by atoms with E-state index in [0.29, 0.717) is 5.02 Å². The Bertz CT molecular complexity index is 785. The highest BCUT2D eigenvalue weighted by Gasteiger charge is 2.08. The Morgan fingerprint density at radius 1 is 1.19 bits per heavy atom. The van der Waals surface area contributed by atoms with Crippen LogP contribution in [-0.2, 0) is 6.54 Å². The van der Waals surface area contributed by atoms with Crippen LogP contribution in [0.1, 0.15) is 13.3 Å². The minimum Gasteiger partial charge on any atom is -0.316 e. The summed E-state index contributed by atoms with van der Waals surface area (Å²) in [5, 5.41) is 5.01. The van der Waals surface area contributed by atoms with Gasteiger partial charge in [-0.1, -0.05) is 30.7 Å². The fourth-order valence-electron chi connectivity index (χ4n) is 2.14. The molecule has 3 rings (SSSR count). The van der Waals surface area contributed by atoms with E-state index in [1.54, 1.807) is 22.7 Å². The van der Waals surface area contributed by atoms with Gasteiger partial charge in [0.1, 0.15) is 0 Å². The van der Waals surface area contributed by atoms with Crippen LogP contribution in [0.4, 0.5) is 5.69 Å². The lowest BCUT2D eigenvalue weighted by Crippen LogP contribution is -2.15. The van der Waals surface area contributed by atoms with Gasteiger partial charge in [-0.2, -0.15) is 0 Å². The smallest absolute Gasteiger partial charge is 0.190 e. The monoisotopic (exact) mass is 334 g/mol. The van der Waals surface area contributed by atoms with E-state index in [9.17, 15) is 0 Å². The van der Waals surface area contributed by atoms with Crippen LogP contribution < -0.4 is 4.80 Å². The molecule has 108 valence electrons. The molecule has 3 aromatic rings. The van der Waals surface area contributed by atoms with E-state index in [1.807, 2.05) is 24.3 Å². The van der Waals surface area contributed by atoms with Crippen molar-refractivity contribution in [3.63, 3.8) is 0 Å². The zero-order chi connectivity index (χ0) is 14.7. The normalized spacial score (nSPS) is 12.0. The van der Waals surface area contributed by atoms with Gasteiger partial charge in [-0.3, -0.25) is 0 Å². The molecule has 0 radical (unpaired) electrons. The van der Waals surface area contributed by atoms with Crippen molar-refractivity contribution in [1.82, 2.24) is 4.57 Å². The molecule has 1 aromatic carbocycles. The van der Waals surface area contributed by atoms with Crippen LogP contribution in [0, 0.1) is 0 Å². The second-order valence-electron chi connectivity index (χ2n) is 4.62. The Hall–Kier alpha value is -1.36. The van der Waals surface area contributed by atoms with E-state index in [1.165, 1.54) is 10.6 Å². The summed E-state index contributed by atoms with van der Waals surface area (Å²) in [5.41, 5.74) is 2.14. The number of benzene rings is 1. The van der Waals surface area contributed by atoms with Crippen molar-refractivity contribution in [2.24, 2.45) is 4.99 Å². The van der Waals surface area contributed by atoms with Crippen molar-refractivity contribution < 1.29 is 0 Å². The van der Waals surface area contributed by atoms with Gasteiger partial charge in [0.2, 0.25) is 0 Å². The van der Waals surface area contributed by atoms with Gasteiger partial charge in [0.05, 0.1) is 16.3 Å². The van der Waals surface area contributed by atoms with E-state index >= 15 is 0 Å². The average molecular weight is 335 g/mol. The molecule has 0 N–H and O–H groups in total. The highest BCUT2D eigenvalue weighted by atomic mass is 35.5. The molecule has 2 aromatic heterocycles. The Morgan fingerprint density at radius 3 is 2.81 bits per heavy atom. The lowest BCUT2D eigenvalue weighted by atomic mass is 10.3. The van der Waals surface area contributed by atoms with Crippen molar-refractivity contribution in [3.05, 3.63) is 57.0 Å². The van der Waals surface area contributed by atoms with Crippen molar-refractivity contribution in [2.75, 3.05) is 0 Å². The zero-order valence-electron chi connectivity index (χ0n) is 11.6. The van der Waals surface area contributed by atoms with Gasteiger partial charge in [0.15, 0.2) is 4.80 Å². The number of thiophene rings is 1. The van der Waals surface area contributed by atoms with Gasteiger partial charge in [0, 0.05) is 16.9 Å². The van der Waals surface area contributed by atoms with Crippen LogP contribution in [0.5, 0.6) is 0 Å².